The van der Waals surface area contributed by atoms with E-state index in [2.05, 4.69) is 31.8 Å². The first-order valence-corrected chi connectivity index (χ1v) is 8.87. The predicted octanol–water partition coefficient (Wildman–Crippen LogP) is 3.56. The van der Waals surface area contributed by atoms with Crippen LogP contribution in [0.25, 0.3) is 6.08 Å². The maximum atomic E-state index is 5.72. The number of hydrogen-bond acceptors (Lipinski definition) is 2. The van der Waals surface area contributed by atoms with Crippen LogP contribution in [0, 0.1) is 0 Å². The minimum atomic E-state index is -1.38. The maximum Gasteiger partial charge on any atom is 0.184 e. The van der Waals surface area contributed by atoms with Crippen LogP contribution < -0.4 is 4.74 Å². The van der Waals surface area contributed by atoms with E-state index in [1.54, 1.807) is 7.11 Å². The molecule has 0 saturated heterocycles. The molecule has 0 fully saturated rings. The van der Waals surface area contributed by atoms with Gasteiger partial charge < -0.3 is 9.16 Å². The van der Waals surface area contributed by atoms with Crippen LogP contribution in [0.1, 0.15) is 5.56 Å². The third-order valence-electron chi connectivity index (χ3n) is 2.04. The fourth-order valence-electron chi connectivity index (χ4n) is 1.20. The summed E-state index contributed by atoms with van der Waals surface area (Å²) in [6.45, 7) is 7.26. The lowest BCUT2D eigenvalue weighted by Crippen LogP contribution is -2.25. The Kier molecular flexibility index (Phi) is 4.77. The van der Waals surface area contributed by atoms with Crippen molar-refractivity contribution in [2.24, 2.45) is 0 Å². The van der Waals surface area contributed by atoms with Gasteiger partial charge in [0.25, 0.3) is 0 Å². The van der Waals surface area contributed by atoms with Crippen molar-refractivity contribution in [3.05, 3.63) is 35.9 Å². The highest BCUT2D eigenvalue weighted by Gasteiger charge is 2.12. The molecule has 2 nitrogen and oxygen atoms in total. The molecule has 0 saturated carbocycles. The van der Waals surface area contributed by atoms with Crippen molar-refractivity contribution < 1.29 is 9.16 Å². The van der Waals surface area contributed by atoms with E-state index in [4.69, 9.17) is 9.16 Å². The Morgan fingerprint density at radius 1 is 1.12 bits per heavy atom. The highest BCUT2D eigenvalue weighted by atomic mass is 28.4. The predicted molar refractivity (Wildman–Crippen MR) is 71.3 cm³/mol. The summed E-state index contributed by atoms with van der Waals surface area (Å²) in [4.78, 5) is 0. The van der Waals surface area contributed by atoms with Crippen LogP contribution in [0.2, 0.25) is 19.6 Å². The number of hydrogen-bond donors (Lipinski definition) is 0. The average molecular weight is 236 g/mol. The Morgan fingerprint density at radius 2 is 1.75 bits per heavy atom. The van der Waals surface area contributed by atoms with Crippen LogP contribution in [0.4, 0.5) is 0 Å². The highest BCUT2D eigenvalue weighted by molar-refractivity contribution is 6.69. The van der Waals surface area contributed by atoms with Gasteiger partial charge in [-0.1, -0.05) is 24.3 Å². The van der Waals surface area contributed by atoms with Gasteiger partial charge in [-0.3, -0.25) is 0 Å². The number of benzene rings is 1. The molecule has 0 spiro atoms. The Morgan fingerprint density at radius 3 is 2.25 bits per heavy atom. The molecule has 0 N–H and O–H groups in total. The molecule has 1 rings (SSSR count). The van der Waals surface area contributed by atoms with Crippen LogP contribution in [-0.2, 0) is 4.43 Å². The van der Waals surface area contributed by atoms with Crippen molar-refractivity contribution in [1.82, 2.24) is 0 Å². The first-order chi connectivity index (χ1) is 7.51. The quantitative estimate of drug-likeness (QED) is 0.728. The zero-order valence-corrected chi connectivity index (χ0v) is 11.5. The molecule has 0 aliphatic heterocycles. The van der Waals surface area contributed by atoms with Gasteiger partial charge in [-0.2, -0.15) is 0 Å². The van der Waals surface area contributed by atoms with Gasteiger partial charge >= 0.3 is 0 Å². The molecule has 16 heavy (non-hydrogen) atoms. The standard InChI is InChI=1S/C13H20O2Si/c1-14-13-9-7-12(8-10-13)6-5-11-15-16(2,3)4/h5-10H,11H2,1-4H3/b6-5+. The molecule has 0 atom stereocenters. The molecule has 0 bridgehead atoms. The first kappa shape index (κ1) is 13.0. The molecule has 3 heteroatoms. The van der Waals surface area contributed by atoms with Crippen LogP contribution in [0.3, 0.4) is 0 Å². The van der Waals surface area contributed by atoms with E-state index in [1.807, 2.05) is 24.3 Å². The van der Waals surface area contributed by atoms with Crippen molar-refractivity contribution in [1.29, 1.82) is 0 Å². The minimum absolute atomic E-state index is 0.696. The molecule has 0 heterocycles. The smallest absolute Gasteiger partial charge is 0.184 e. The van der Waals surface area contributed by atoms with Gasteiger partial charge in [-0.05, 0) is 37.3 Å². The molecular weight excluding hydrogens is 216 g/mol. The number of methoxy groups -OCH3 is 1. The van der Waals surface area contributed by atoms with Gasteiger partial charge in [0.15, 0.2) is 8.32 Å². The Labute approximate surface area is 99.0 Å². The second-order valence-corrected chi connectivity index (χ2v) is 9.11. The van der Waals surface area contributed by atoms with E-state index in [1.165, 1.54) is 5.56 Å². The van der Waals surface area contributed by atoms with Gasteiger partial charge in [0.1, 0.15) is 5.75 Å². The normalized spacial score (nSPS) is 12.0. The molecule has 1 aromatic rings. The van der Waals surface area contributed by atoms with Gasteiger partial charge in [-0.25, -0.2) is 0 Å². The third kappa shape index (κ3) is 5.14. The van der Waals surface area contributed by atoms with Crippen molar-refractivity contribution >= 4 is 14.4 Å². The molecule has 88 valence electrons. The molecule has 1 aromatic carbocycles. The molecular formula is C13H20O2Si. The van der Waals surface area contributed by atoms with Crippen molar-refractivity contribution in [2.45, 2.75) is 19.6 Å². The lowest BCUT2D eigenvalue weighted by atomic mass is 10.2. The van der Waals surface area contributed by atoms with Crippen molar-refractivity contribution in [3.63, 3.8) is 0 Å². The summed E-state index contributed by atoms with van der Waals surface area (Å²) in [5, 5.41) is 0. The monoisotopic (exact) mass is 236 g/mol. The van der Waals surface area contributed by atoms with Gasteiger partial charge in [0.2, 0.25) is 0 Å². The summed E-state index contributed by atoms with van der Waals surface area (Å²) in [6, 6.07) is 7.98. The summed E-state index contributed by atoms with van der Waals surface area (Å²) < 4.78 is 10.8. The lowest BCUT2D eigenvalue weighted by Gasteiger charge is -2.14. The van der Waals surface area contributed by atoms with Gasteiger partial charge in [0, 0.05) is 0 Å². The third-order valence-corrected chi connectivity index (χ3v) is 3.07. The zero-order valence-electron chi connectivity index (χ0n) is 10.5. The molecule has 0 aliphatic carbocycles. The fourth-order valence-corrected chi connectivity index (χ4v) is 1.79. The second kappa shape index (κ2) is 5.87. The second-order valence-electron chi connectivity index (χ2n) is 4.60. The highest BCUT2D eigenvalue weighted by Crippen LogP contribution is 2.12. The van der Waals surface area contributed by atoms with Crippen LogP contribution in [0.15, 0.2) is 30.3 Å². The van der Waals surface area contributed by atoms with Gasteiger partial charge in [-0.15, -0.1) is 0 Å². The number of rotatable bonds is 5. The summed E-state index contributed by atoms with van der Waals surface area (Å²) in [6.07, 6.45) is 4.12. The van der Waals surface area contributed by atoms with E-state index in [0.717, 1.165) is 5.75 Å². The maximum absolute atomic E-state index is 5.72. The molecule has 0 unspecified atom stereocenters. The molecule has 0 aromatic heterocycles. The van der Waals surface area contributed by atoms with E-state index in [9.17, 15) is 0 Å². The van der Waals surface area contributed by atoms with E-state index < -0.39 is 8.32 Å². The Balaban J connectivity index is 2.44. The topological polar surface area (TPSA) is 18.5 Å². The summed E-state index contributed by atoms with van der Waals surface area (Å²) in [5.74, 6) is 0.885. The van der Waals surface area contributed by atoms with Crippen molar-refractivity contribution in [2.75, 3.05) is 13.7 Å². The summed E-state index contributed by atoms with van der Waals surface area (Å²) in [5.41, 5.74) is 1.17. The molecule has 0 radical (unpaired) electrons. The average Bonchev–Trinajstić information content (AvgIpc) is 2.24. The first-order valence-electron chi connectivity index (χ1n) is 5.46. The largest absolute Gasteiger partial charge is 0.497 e. The molecule has 0 amide bonds. The Bertz CT molecular complexity index is 336. The van der Waals surface area contributed by atoms with Crippen LogP contribution >= 0.6 is 0 Å². The van der Waals surface area contributed by atoms with E-state index >= 15 is 0 Å². The van der Waals surface area contributed by atoms with E-state index in [0.29, 0.717) is 6.61 Å². The fraction of sp³-hybridized carbons (Fsp3) is 0.385. The van der Waals surface area contributed by atoms with Gasteiger partial charge in [0.05, 0.1) is 13.7 Å². The summed E-state index contributed by atoms with van der Waals surface area (Å²) >= 11 is 0. The SMILES string of the molecule is COc1ccc(/C=C/CO[Si](C)(C)C)cc1. The lowest BCUT2D eigenvalue weighted by molar-refractivity contribution is 0.358. The van der Waals surface area contributed by atoms with E-state index in [-0.39, 0.29) is 0 Å². The zero-order chi connectivity index (χ0) is 12.0. The minimum Gasteiger partial charge on any atom is -0.497 e. The van der Waals surface area contributed by atoms with Crippen LogP contribution in [-0.4, -0.2) is 22.0 Å². The van der Waals surface area contributed by atoms with Crippen LogP contribution in [0.5, 0.6) is 5.75 Å². The Hall–Kier alpha value is -1.06. The van der Waals surface area contributed by atoms with Crippen molar-refractivity contribution in [3.8, 4) is 5.75 Å². The molecule has 0 aliphatic rings. The summed E-state index contributed by atoms with van der Waals surface area (Å²) in [7, 11) is 0.292. The number of ether oxygens (including phenoxy) is 1.